The van der Waals surface area contributed by atoms with Crippen LogP contribution in [0.15, 0.2) is 35.9 Å². The van der Waals surface area contributed by atoms with Gasteiger partial charge in [-0.15, -0.1) is 11.3 Å². The lowest BCUT2D eigenvalue weighted by molar-refractivity contribution is -0.110. The number of allylic oxidation sites excluding steroid dienone is 2. The molecule has 0 aliphatic rings. The van der Waals surface area contributed by atoms with Gasteiger partial charge in [0.1, 0.15) is 0 Å². The molecule has 1 aromatic heterocycles. The topological polar surface area (TPSA) is 20.3 Å². The number of nitrogens with zero attached hydrogens (tertiary/aromatic N) is 1. The molecule has 0 bridgehead atoms. The van der Waals surface area contributed by atoms with Gasteiger partial charge in [-0.25, -0.2) is 0 Å². The molecule has 14 heavy (non-hydrogen) atoms. The van der Waals surface area contributed by atoms with Gasteiger partial charge in [-0.1, -0.05) is 6.07 Å². The molecule has 0 amide bonds. The molecular weight excluding hydrogens is 194 g/mol. The predicted octanol–water partition coefficient (Wildman–Crippen LogP) is 2.41. The summed E-state index contributed by atoms with van der Waals surface area (Å²) in [5.41, 5.74) is 0. The lowest BCUT2D eigenvalue weighted by atomic mass is 10.3. The monoisotopic (exact) mass is 207 g/mol. The van der Waals surface area contributed by atoms with Crippen LogP contribution in [0.25, 0.3) is 6.08 Å². The van der Waals surface area contributed by atoms with Crippen LogP contribution < -0.4 is 0 Å². The Bertz CT molecular complexity index is 336. The Labute approximate surface area is 88.2 Å². The summed E-state index contributed by atoms with van der Waals surface area (Å²) >= 11 is 1.62. The molecule has 1 heterocycles. The highest BCUT2D eigenvalue weighted by atomic mass is 32.1. The van der Waals surface area contributed by atoms with E-state index in [1.165, 1.54) is 0 Å². The van der Waals surface area contributed by atoms with Gasteiger partial charge >= 0.3 is 0 Å². The lowest BCUT2D eigenvalue weighted by Crippen LogP contribution is -2.01. The van der Waals surface area contributed by atoms with Crippen LogP contribution in [0.5, 0.6) is 0 Å². The quantitative estimate of drug-likeness (QED) is 0.707. The second kappa shape index (κ2) is 5.40. The summed E-state index contributed by atoms with van der Waals surface area (Å²) in [7, 11) is 3.76. The predicted molar refractivity (Wildman–Crippen MR) is 61.2 cm³/mol. The third-order valence-electron chi connectivity index (χ3n) is 1.49. The van der Waals surface area contributed by atoms with Gasteiger partial charge in [-0.2, -0.15) is 0 Å². The minimum atomic E-state index is 0.00657. The van der Waals surface area contributed by atoms with Crippen molar-refractivity contribution in [3.05, 3.63) is 40.7 Å². The highest BCUT2D eigenvalue weighted by molar-refractivity contribution is 7.10. The Morgan fingerprint density at radius 1 is 1.43 bits per heavy atom. The molecule has 0 saturated carbocycles. The van der Waals surface area contributed by atoms with Crippen LogP contribution in [0.3, 0.4) is 0 Å². The van der Waals surface area contributed by atoms with Crippen molar-refractivity contribution in [3.8, 4) is 0 Å². The molecule has 0 aromatic carbocycles. The Kier molecular flexibility index (Phi) is 4.13. The van der Waals surface area contributed by atoms with Gasteiger partial charge in [0.15, 0.2) is 5.78 Å². The Balaban J connectivity index is 2.49. The fourth-order valence-electron chi connectivity index (χ4n) is 0.828. The van der Waals surface area contributed by atoms with Crippen LogP contribution >= 0.6 is 11.3 Å². The second-order valence-electron chi connectivity index (χ2n) is 3.03. The molecule has 1 aromatic rings. The molecule has 74 valence electrons. The largest absolute Gasteiger partial charge is 0.383 e. The first-order chi connectivity index (χ1) is 6.68. The van der Waals surface area contributed by atoms with Crippen molar-refractivity contribution >= 4 is 23.2 Å². The molecule has 0 spiro atoms. The van der Waals surface area contributed by atoms with Crippen LogP contribution in [0, 0.1) is 0 Å². The first kappa shape index (κ1) is 10.7. The maximum Gasteiger partial charge on any atom is 0.180 e. The first-order valence-electron chi connectivity index (χ1n) is 4.28. The molecule has 0 atom stereocenters. The highest BCUT2D eigenvalue weighted by Crippen LogP contribution is 2.09. The molecule has 0 unspecified atom stereocenters. The number of thiophene rings is 1. The van der Waals surface area contributed by atoms with Crippen LogP contribution in [0.2, 0.25) is 0 Å². The van der Waals surface area contributed by atoms with Crippen LogP contribution in [-0.4, -0.2) is 24.8 Å². The average molecular weight is 207 g/mol. The number of carbonyl (C=O) groups is 1. The molecule has 3 heteroatoms. The van der Waals surface area contributed by atoms with E-state index in [1.54, 1.807) is 29.7 Å². The standard InChI is InChI=1S/C11H13NOS/c1-12(2)8-7-10(13)5-6-11-4-3-9-14-11/h3-9H,1-2H3/b6-5+,8-7+. The van der Waals surface area contributed by atoms with Crippen molar-refractivity contribution in [2.75, 3.05) is 14.1 Å². The first-order valence-corrected chi connectivity index (χ1v) is 5.16. The van der Waals surface area contributed by atoms with Crippen molar-refractivity contribution in [1.82, 2.24) is 4.90 Å². The lowest BCUT2D eigenvalue weighted by Gasteiger charge is -2.00. The van der Waals surface area contributed by atoms with Crippen LogP contribution in [-0.2, 0) is 4.79 Å². The normalized spacial score (nSPS) is 11.3. The van der Waals surface area contributed by atoms with E-state index >= 15 is 0 Å². The van der Waals surface area contributed by atoms with Gasteiger partial charge in [-0.05, 0) is 23.6 Å². The van der Waals surface area contributed by atoms with Crippen molar-refractivity contribution in [3.63, 3.8) is 0 Å². The molecule has 0 saturated heterocycles. The Morgan fingerprint density at radius 3 is 2.79 bits per heavy atom. The van der Waals surface area contributed by atoms with E-state index in [-0.39, 0.29) is 5.78 Å². The van der Waals surface area contributed by atoms with E-state index in [0.29, 0.717) is 0 Å². The molecule has 0 aliphatic heterocycles. The van der Waals surface area contributed by atoms with E-state index in [1.807, 2.05) is 42.6 Å². The molecular formula is C11H13NOS. The number of hydrogen-bond acceptors (Lipinski definition) is 3. The zero-order valence-electron chi connectivity index (χ0n) is 8.31. The van der Waals surface area contributed by atoms with Gasteiger partial charge in [0, 0.05) is 31.2 Å². The maximum absolute atomic E-state index is 11.2. The van der Waals surface area contributed by atoms with E-state index in [2.05, 4.69) is 0 Å². The molecule has 1 rings (SSSR count). The average Bonchev–Trinajstić information content (AvgIpc) is 2.63. The van der Waals surface area contributed by atoms with Crippen molar-refractivity contribution < 1.29 is 4.79 Å². The fourth-order valence-corrected chi connectivity index (χ4v) is 1.45. The minimum Gasteiger partial charge on any atom is -0.383 e. The molecule has 0 radical (unpaired) electrons. The SMILES string of the molecule is CN(C)/C=C/C(=O)/C=C/c1cccs1. The van der Waals surface area contributed by atoms with E-state index in [4.69, 9.17) is 0 Å². The summed E-state index contributed by atoms with van der Waals surface area (Å²) in [5.74, 6) is 0.00657. The van der Waals surface area contributed by atoms with Crippen molar-refractivity contribution in [1.29, 1.82) is 0 Å². The smallest absolute Gasteiger partial charge is 0.180 e. The molecule has 2 nitrogen and oxygen atoms in total. The van der Waals surface area contributed by atoms with Gasteiger partial charge in [0.2, 0.25) is 0 Å². The number of carbonyl (C=O) groups excluding carboxylic acids is 1. The summed E-state index contributed by atoms with van der Waals surface area (Å²) in [6.45, 7) is 0. The van der Waals surface area contributed by atoms with Gasteiger partial charge in [0.05, 0.1) is 0 Å². The van der Waals surface area contributed by atoms with E-state index < -0.39 is 0 Å². The number of hydrogen-bond donors (Lipinski definition) is 0. The fraction of sp³-hybridized carbons (Fsp3) is 0.182. The summed E-state index contributed by atoms with van der Waals surface area (Å²) in [6, 6.07) is 3.94. The van der Waals surface area contributed by atoms with Crippen LogP contribution in [0.4, 0.5) is 0 Å². The summed E-state index contributed by atoms with van der Waals surface area (Å²) in [4.78, 5) is 14.2. The second-order valence-corrected chi connectivity index (χ2v) is 4.01. The minimum absolute atomic E-state index is 0.00657. The van der Waals surface area contributed by atoms with Gasteiger partial charge < -0.3 is 4.90 Å². The third-order valence-corrected chi connectivity index (χ3v) is 2.33. The van der Waals surface area contributed by atoms with Crippen molar-refractivity contribution in [2.24, 2.45) is 0 Å². The van der Waals surface area contributed by atoms with Gasteiger partial charge in [0.25, 0.3) is 0 Å². The van der Waals surface area contributed by atoms with Crippen molar-refractivity contribution in [2.45, 2.75) is 0 Å². The molecule has 0 fully saturated rings. The molecule has 0 N–H and O–H groups in total. The highest BCUT2D eigenvalue weighted by Gasteiger charge is 1.90. The van der Waals surface area contributed by atoms with E-state index in [9.17, 15) is 4.79 Å². The Hall–Kier alpha value is -1.35. The number of ketones is 1. The summed E-state index contributed by atoms with van der Waals surface area (Å²) in [5, 5.41) is 1.99. The van der Waals surface area contributed by atoms with E-state index in [0.717, 1.165) is 4.88 Å². The Morgan fingerprint density at radius 2 is 2.21 bits per heavy atom. The zero-order chi connectivity index (χ0) is 10.4. The van der Waals surface area contributed by atoms with Gasteiger partial charge in [-0.3, -0.25) is 4.79 Å². The molecule has 0 aliphatic carbocycles. The third kappa shape index (κ3) is 4.05. The van der Waals surface area contributed by atoms with Crippen LogP contribution in [0.1, 0.15) is 4.88 Å². The zero-order valence-corrected chi connectivity index (χ0v) is 9.12. The summed E-state index contributed by atoms with van der Waals surface area (Å²) in [6.07, 6.45) is 6.68. The summed E-state index contributed by atoms with van der Waals surface area (Å²) < 4.78 is 0. The maximum atomic E-state index is 11.2. The number of rotatable bonds is 4.